The second-order valence-corrected chi connectivity index (χ2v) is 4.56. The summed E-state index contributed by atoms with van der Waals surface area (Å²) in [5.41, 5.74) is 0.848. The lowest BCUT2D eigenvalue weighted by Crippen LogP contribution is -2.18. The van der Waals surface area contributed by atoms with Crippen molar-refractivity contribution in [2.24, 2.45) is 0 Å². The molecule has 21 heavy (non-hydrogen) atoms. The zero-order chi connectivity index (χ0) is 15.5. The van der Waals surface area contributed by atoms with Gasteiger partial charge in [-0.2, -0.15) is 0 Å². The van der Waals surface area contributed by atoms with E-state index in [0.717, 1.165) is 12.1 Å². The second kappa shape index (κ2) is 10.1. The number of rotatable bonds is 10. The van der Waals surface area contributed by atoms with Crippen LogP contribution in [-0.2, 0) is 16.1 Å². The first-order valence-electron chi connectivity index (χ1n) is 6.99. The SMILES string of the molecule is CNC(=O)CCCOc1ccc(CNCCOC)cc1F. The fourth-order valence-corrected chi connectivity index (χ4v) is 1.72. The summed E-state index contributed by atoms with van der Waals surface area (Å²) in [5, 5.41) is 5.67. The molecule has 0 radical (unpaired) electrons. The Morgan fingerprint density at radius 2 is 2.14 bits per heavy atom. The summed E-state index contributed by atoms with van der Waals surface area (Å²) < 4.78 is 24.1. The van der Waals surface area contributed by atoms with Gasteiger partial charge >= 0.3 is 0 Å². The van der Waals surface area contributed by atoms with E-state index in [2.05, 4.69) is 10.6 Å². The topological polar surface area (TPSA) is 59.6 Å². The Morgan fingerprint density at radius 3 is 2.81 bits per heavy atom. The number of carbonyl (C=O) groups is 1. The molecule has 1 amide bonds. The Labute approximate surface area is 124 Å². The molecular weight excluding hydrogens is 275 g/mol. The molecule has 0 atom stereocenters. The van der Waals surface area contributed by atoms with E-state index in [1.807, 2.05) is 6.07 Å². The molecule has 0 spiro atoms. The van der Waals surface area contributed by atoms with Gasteiger partial charge in [0, 0.05) is 33.7 Å². The molecule has 1 rings (SSSR count). The maximum atomic E-state index is 13.8. The van der Waals surface area contributed by atoms with E-state index in [4.69, 9.17) is 9.47 Å². The van der Waals surface area contributed by atoms with E-state index >= 15 is 0 Å². The number of methoxy groups -OCH3 is 1. The largest absolute Gasteiger partial charge is 0.491 e. The monoisotopic (exact) mass is 298 g/mol. The van der Waals surface area contributed by atoms with Crippen LogP contribution in [0.4, 0.5) is 4.39 Å². The van der Waals surface area contributed by atoms with Crippen molar-refractivity contribution in [3.8, 4) is 5.75 Å². The molecule has 0 saturated heterocycles. The van der Waals surface area contributed by atoms with Crippen LogP contribution in [-0.4, -0.2) is 39.8 Å². The van der Waals surface area contributed by atoms with E-state index < -0.39 is 0 Å². The van der Waals surface area contributed by atoms with Gasteiger partial charge in [-0.3, -0.25) is 4.79 Å². The summed E-state index contributed by atoms with van der Waals surface area (Å²) in [6, 6.07) is 4.88. The fraction of sp³-hybridized carbons (Fsp3) is 0.533. The van der Waals surface area contributed by atoms with Crippen LogP contribution in [0, 0.1) is 5.82 Å². The molecule has 0 aliphatic heterocycles. The van der Waals surface area contributed by atoms with Gasteiger partial charge in [-0.25, -0.2) is 4.39 Å². The molecule has 0 bridgehead atoms. The number of hydrogen-bond acceptors (Lipinski definition) is 4. The van der Waals surface area contributed by atoms with Crippen molar-refractivity contribution >= 4 is 5.91 Å². The lowest BCUT2D eigenvalue weighted by atomic mass is 10.2. The molecule has 0 unspecified atom stereocenters. The first kappa shape index (κ1) is 17.4. The van der Waals surface area contributed by atoms with Gasteiger partial charge in [0.1, 0.15) is 0 Å². The number of benzene rings is 1. The van der Waals surface area contributed by atoms with Gasteiger partial charge in [0.15, 0.2) is 11.6 Å². The summed E-state index contributed by atoms with van der Waals surface area (Å²) in [6.07, 6.45) is 0.930. The maximum absolute atomic E-state index is 13.8. The van der Waals surface area contributed by atoms with Crippen molar-refractivity contribution in [1.82, 2.24) is 10.6 Å². The third kappa shape index (κ3) is 7.06. The van der Waals surface area contributed by atoms with Crippen molar-refractivity contribution in [2.45, 2.75) is 19.4 Å². The number of nitrogens with one attached hydrogen (secondary N) is 2. The van der Waals surface area contributed by atoms with Gasteiger partial charge in [0.2, 0.25) is 5.91 Å². The molecule has 0 aromatic heterocycles. The normalized spacial score (nSPS) is 10.4. The zero-order valence-electron chi connectivity index (χ0n) is 12.6. The van der Waals surface area contributed by atoms with Crippen LogP contribution in [0.2, 0.25) is 0 Å². The quantitative estimate of drug-likeness (QED) is 0.642. The van der Waals surface area contributed by atoms with Crippen LogP contribution in [0.5, 0.6) is 5.75 Å². The summed E-state index contributed by atoms with van der Waals surface area (Å²) in [7, 11) is 3.22. The molecule has 1 aromatic carbocycles. The van der Waals surface area contributed by atoms with Crippen LogP contribution in [0.3, 0.4) is 0 Å². The van der Waals surface area contributed by atoms with Crippen molar-refractivity contribution in [3.63, 3.8) is 0 Å². The van der Waals surface area contributed by atoms with Crippen LogP contribution >= 0.6 is 0 Å². The van der Waals surface area contributed by atoms with E-state index in [0.29, 0.717) is 32.6 Å². The molecule has 118 valence electrons. The van der Waals surface area contributed by atoms with Crippen LogP contribution in [0.25, 0.3) is 0 Å². The summed E-state index contributed by atoms with van der Waals surface area (Å²) >= 11 is 0. The summed E-state index contributed by atoms with van der Waals surface area (Å²) in [4.78, 5) is 11.0. The number of halogens is 1. The lowest BCUT2D eigenvalue weighted by molar-refractivity contribution is -0.120. The molecule has 6 heteroatoms. The van der Waals surface area contributed by atoms with E-state index in [1.165, 1.54) is 6.07 Å². The minimum absolute atomic E-state index is 0.0449. The smallest absolute Gasteiger partial charge is 0.219 e. The molecule has 5 nitrogen and oxygen atoms in total. The average molecular weight is 298 g/mol. The van der Waals surface area contributed by atoms with Gasteiger partial charge < -0.3 is 20.1 Å². The van der Waals surface area contributed by atoms with Crippen molar-refractivity contribution in [2.75, 3.05) is 33.9 Å². The summed E-state index contributed by atoms with van der Waals surface area (Å²) in [6.45, 7) is 2.23. The lowest BCUT2D eigenvalue weighted by Gasteiger charge is -2.09. The van der Waals surface area contributed by atoms with Gasteiger partial charge in [-0.15, -0.1) is 0 Å². The fourth-order valence-electron chi connectivity index (χ4n) is 1.72. The van der Waals surface area contributed by atoms with Gasteiger partial charge in [0.25, 0.3) is 0 Å². The van der Waals surface area contributed by atoms with E-state index in [1.54, 1.807) is 20.2 Å². The first-order valence-corrected chi connectivity index (χ1v) is 6.99. The van der Waals surface area contributed by atoms with Crippen molar-refractivity contribution < 1.29 is 18.7 Å². The van der Waals surface area contributed by atoms with Crippen LogP contribution < -0.4 is 15.4 Å². The highest BCUT2D eigenvalue weighted by Crippen LogP contribution is 2.18. The van der Waals surface area contributed by atoms with E-state index in [9.17, 15) is 9.18 Å². The molecular formula is C15H23FN2O3. The molecule has 0 aliphatic rings. The molecule has 0 saturated carbocycles. The maximum Gasteiger partial charge on any atom is 0.219 e. The molecule has 0 heterocycles. The zero-order valence-corrected chi connectivity index (χ0v) is 12.6. The molecule has 1 aromatic rings. The van der Waals surface area contributed by atoms with Crippen LogP contribution in [0.15, 0.2) is 18.2 Å². The van der Waals surface area contributed by atoms with Crippen LogP contribution in [0.1, 0.15) is 18.4 Å². The predicted octanol–water partition coefficient (Wildman–Crippen LogP) is 1.47. The minimum Gasteiger partial charge on any atom is -0.491 e. The second-order valence-electron chi connectivity index (χ2n) is 4.56. The Hall–Kier alpha value is -1.66. The average Bonchev–Trinajstić information content (AvgIpc) is 2.49. The number of amides is 1. The Kier molecular flexibility index (Phi) is 8.38. The summed E-state index contributed by atoms with van der Waals surface area (Å²) in [5.74, 6) is -0.218. The van der Waals surface area contributed by atoms with Gasteiger partial charge in [-0.1, -0.05) is 6.07 Å². The number of ether oxygens (including phenoxy) is 2. The van der Waals surface area contributed by atoms with Crippen molar-refractivity contribution in [3.05, 3.63) is 29.6 Å². The third-order valence-electron chi connectivity index (χ3n) is 2.89. The Bertz CT molecular complexity index is 441. The molecule has 2 N–H and O–H groups in total. The predicted molar refractivity (Wildman–Crippen MR) is 78.8 cm³/mol. The third-order valence-corrected chi connectivity index (χ3v) is 2.89. The highest BCUT2D eigenvalue weighted by atomic mass is 19.1. The minimum atomic E-state index is -0.388. The van der Waals surface area contributed by atoms with Crippen molar-refractivity contribution in [1.29, 1.82) is 0 Å². The van der Waals surface area contributed by atoms with E-state index in [-0.39, 0.29) is 17.5 Å². The van der Waals surface area contributed by atoms with Gasteiger partial charge in [0.05, 0.1) is 13.2 Å². The number of hydrogen-bond donors (Lipinski definition) is 2. The first-order chi connectivity index (χ1) is 10.2. The van der Waals surface area contributed by atoms with Gasteiger partial charge in [-0.05, 0) is 24.1 Å². The Balaban J connectivity index is 2.34. The molecule has 0 aliphatic carbocycles. The standard InChI is InChI=1S/C15H23FN2O3/c1-17-15(19)4-3-8-21-14-6-5-12(10-13(14)16)11-18-7-9-20-2/h5-6,10,18H,3-4,7-9,11H2,1-2H3,(H,17,19). The number of carbonyl (C=O) groups excluding carboxylic acids is 1. The highest BCUT2D eigenvalue weighted by molar-refractivity contribution is 5.75. The highest BCUT2D eigenvalue weighted by Gasteiger charge is 2.05. The molecule has 0 fully saturated rings. The Morgan fingerprint density at radius 1 is 1.33 bits per heavy atom.